The molecule has 1 atom stereocenters. The molecule has 10 heteroatoms. The minimum absolute atomic E-state index is 0.0123. The molecule has 0 aromatic heterocycles. The number of carbonyl (C=O) groups excluding carboxylic acids is 2. The summed E-state index contributed by atoms with van der Waals surface area (Å²) in [6.07, 6.45) is -0.0383. The van der Waals surface area contributed by atoms with E-state index >= 15 is 0 Å². The van der Waals surface area contributed by atoms with Crippen molar-refractivity contribution in [1.82, 2.24) is 4.90 Å². The highest BCUT2D eigenvalue weighted by Crippen LogP contribution is 2.47. The molecule has 0 radical (unpaired) electrons. The maximum absolute atomic E-state index is 13.5. The Morgan fingerprint density at radius 2 is 1.50 bits per heavy atom. The molecule has 0 aliphatic carbocycles. The fourth-order valence-electron chi connectivity index (χ4n) is 4.61. The predicted molar refractivity (Wildman–Crippen MR) is 153 cm³/mol. The van der Waals surface area contributed by atoms with Crippen LogP contribution < -0.4 is 18.9 Å². The molecule has 4 rings (SSSR count). The number of likely N-dealkylation sites (tertiary alicyclic amines) is 1. The summed E-state index contributed by atoms with van der Waals surface area (Å²) < 4.78 is 21.7. The van der Waals surface area contributed by atoms with Gasteiger partial charge in [0.2, 0.25) is 0 Å². The van der Waals surface area contributed by atoms with Gasteiger partial charge in [-0.1, -0.05) is 47.5 Å². The van der Waals surface area contributed by atoms with Gasteiger partial charge >= 0.3 is 0 Å². The molecule has 0 saturated carbocycles. The summed E-state index contributed by atoms with van der Waals surface area (Å²) in [5.74, 6) is -0.635. The molecule has 1 amide bonds. The maximum atomic E-state index is 13.5. The highest BCUT2D eigenvalue weighted by molar-refractivity contribution is 6.47. The van der Waals surface area contributed by atoms with E-state index < -0.39 is 23.5 Å². The van der Waals surface area contributed by atoms with Gasteiger partial charge in [0.15, 0.2) is 11.5 Å². The lowest BCUT2D eigenvalue weighted by Crippen LogP contribution is -2.29. The zero-order valence-electron chi connectivity index (χ0n) is 22.7. The highest BCUT2D eigenvalue weighted by Gasteiger charge is 2.46. The summed E-state index contributed by atoms with van der Waals surface area (Å²) in [5, 5.41) is 11.7. The van der Waals surface area contributed by atoms with E-state index in [2.05, 4.69) is 0 Å². The fourth-order valence-corrected chi connectivity index (χ4v) is 5.30. The number of amides is 1. The van der Waals surface area contributed by atoms with Crippen LogP contribution in [0.5, 0.6) is 23.0 Å². The molecule has 1 aliphatic heterocycles. The number of aliphatic hydroxyl groups is 1. The summed E-state index contributed by atoms with van der Waals surface area (Å²) in [5.41, 5.74) is 1.27. The fraction of sp³-hybridized carbons (Fsp3) is 0.267. The third-order valence-electron chi connectivity index (χ3n) is 6.41. The maximum Gasteiger partial charge on any atom is 0.295 e. The van der Waals surface area contributed by atoms with Crippen LogP contribution in [0.25, 0.3) is 5.76 Å². The second kappa shape index (κ2) is 12.1. The van der Waals surface area contributed by atoms with Crippen molar-refractivity contribution >= 4 is 40.7 Å². The minimum Gasteiger partial charge on any atom is -0.507 e. The van der Waals surface area contributed by atoms with Gasteiger partial charge in [-0.3, -0.25) is 9.59 Å². The largest absolute Gasteiger partial charge is 0.507 e. The Kier molecular flexibility index (Phi) is 8.81. The van der Waals surface area contributed by atoms with Crippen molar-refractivity contribution in [3.05, 3.63) is 86.9 Å². The quantitative estimate of drug-likeness (QED) is 0.176. The lowest BCUT2D eigenvalue weighted by molar-refractivity contribution is -0.140. The van der Waals surface area contributed by atoms with Crippen molar-refractivity contribution in [2.75, 3.05) is 21.3 Å². The number of aliphatic hydroxyl groups excluding tert-OH is 1. The van der Waals surface area contributed by atoms with E-state index in [1.165, 1.54) is 25.2 Å². The number of nitrogens with zero attached hydrogens (tertiary/aromatic N) is 1. The normalized spacial score (nSPS) is 16.4. The van der Waals surface area contributed by atoms with Crippen molar-refractivity contribution in [2.45, 2.75) is 32.5 Å². The Morgan fingerprint density at radius 3 is 2.05 bits per heavy atom. The molecule has 210 valence electrons. The zero-order chi connectivity index (χ0) is 29.1. The van der Waals surface area contributed by atoms with Crippen LogP contribution in [0.2, 0.25) is 10.0 Å². The Hall–Kier alpha value is -3.88. The van der Waals surface area contributed by atoms with Gasteiger partial charge < -0.3 is 29.0 Å². The number of rotatable bonds is 9. The smallest absolute Gasteiger partial charge is 0.295 e. The van der Waals surface area contributed by atoms with Crippen LogP contribution in [-0.2, 0) is 16.1 Å². The number of hydrogen-bond acceptors (Lipinski definition) is 7. The SMILES string of the molecule is COc1ccc(CN2C(=O)C(=O)/C(=C(/O)c3cc(Cl)c(OC)c(Cl)c3OC)C2c2ccc(OC(C)C)cc2)cc1. The third kappa shape index (κ3) is 5.55. The average molecular weight is 586 g/mol. The molecular weight excluding hydrogens is 557 g/mol. The van der Waals surface area contributed by atoms with Crippen molar-refractivity contribution < 1.29 is 33.6 Å². The molecule has 1 fully saturated rings. The predicted octanol–water partition coefficient (Wildman–Crippen LogP) is 6.43. The summed E-state index contributed by atoms with van der Waals surface area (Å²) in [7, 11) is 4.31. The van der Waals surface area contributed by atoms with Gasteiger partial charge in [-0.15, -0.1) is 0 Å². The first-order valence-corrected chi connectivity index (χ1v) is 13.1. The topological polar surface area (TPSA) is 94.5 Å². The van der Waals surface area contributed by atoms with Crippen LogP contribution in [0.3, 0.4) is 0 Å². The highest BCUT2D eigenvalue weighted by atomic mass is 35.5. The number of halogens is 2. The average Bonchev–Trinajstić information content (AvgIpc) is 3.18. The second-order valence-electron chi connectivity index (χ2n) is 9.30. The number of hydrogen-bond donors (Lipinski definition) is 1. The van der Waals surface area contributed by atoms with E-state index in [4.69, 9.17) is 42.1 Å². The number of carbonyl (C=O) groups is 2. The summed E-state index contributed by atoms with van der Waals surface area (Å²) in [6.45, 7) is 3.92. The second-order valence-corrected chi connectivity index (χ2v) is 10.1. The van der Waals surface area contributed by atoms with Crippen molar-refractivity contribution in [3.63, 3.8) is 0 Å². The van der Waals surface area contributed by atoms with E-state index in [-0.39, 0.29) is 45.3 Å². The molecule has 1 unspecified atom stereocenters. The minimum atomic E-state index is -0.931. The molecule has 0 spiro atoms. The zero-order valence-corrected chi connectivity index (χ0v) is 24.2. The van der Waals surface area contributed by atoms with Gasteiger partial charge in [-0.05, 0) is 55.3 Å². The number of methoxy groups -OCH3 is 3. The van der Waals surface area contributed by atoms with E-state index in [0.29, 0.717) is 17.1 Å². The summed E-state index contributed by atoms with van der Waals surface area (Å²) in [6, 6.07) is 14.6. The first-order chi connectivity index (χ1) is 19.1. The van der Waals surface area contributed by atoms with Crippen LogP contribution in [0.4, 0.5) is 0 Å². The van der Waals surface area contributed by atoms with E-state index in [1.807, 2.05) is 13.8 Å². The lowest BCUT2D eigenvalue weighted by atomic mass is 9.94. The Labute approximate surface area is 242 Å². The first kappa shape index (κ1) is 29.1. The van der Waals surface area contributed by atoms with Gasteiger partial charge in [0.05, 0.1) is 49.6 Å². The number of ether oxygens (including phenoxy) is 4. The van der Waals surface area contributed by atoms with E-state index in [0.717, 1.165) is 5.56 Å². The van der Waals surface area contributed by atoms with Crippen LogP contribution >= 0.6 is 23.2 Å². The molecule has 1 N–H and O–H groups in total. The number of ketones is 1. The van der Waals surface area contributed by atoms with Crippen LogP contribution in [0.1, 0.15) is 36.6 Å². The van der Waals surface area contributed by atoms with Crippen molar-refractivity contribution in [2.24, 2.45) is 0 Å². The van der Waals surface area contributed by atoms with Gasteiger partial charge in [0, 0.05) is 6.54 Å². The molecule has 1 heterocycles. The number of Topliss-reactive ketones (excluding diaryl/α,β-unsaturated/α-hetero) is 1. The monoisotopic (exact) mass is 585 g/mol. The Morgan fingerprint density at radius 1 is 0.900 bits per heavy atom. The standard InChI is InChI=1S/C30H29Cl2NO7/c1-16(2)40-20-12-8-18(9-13-20)25-23(26(34)21-14-22(31)29(39-5)24(32)28(21)38-4)27(35)30(36)33(25)15-17-6-10-19(37-3)11-7-17/h6-14,16,25,34H,15H2,1-5H3/b26-23+. The molecule has 3 aromatic carbocycles. The molecule has 1 saturated heterocycles. The van der Waals surface area contributed by atoms with Crippen LogP contribution in [0, 0.1) is 0 Å². The van der Waals surface area contributed by atoms with E-state index in [9.17, 15) is 14.7 Å². The number of benzene rings is 3. The molecule has 8 nitrogen and oxygen atoms in total. The van der Waals surface area contributed by atoms with Gasteiger partial charge in [-0.25, -0.2) is 0 Å². The van der Waals surface area contributed by atoms with Crippen LogP contribution in [-0.4, -0.2) is 49.1 Å². The third-order valence-corrected chi connectivity index (χ3v) is 7.04. The van der Waals surface area contributed by atoms with Crippen LogP contribution in [0.15, 0.2) is 60.2 Å². The molecular formula is C30H29Cl2NO7. The summed E-state index contributed by atoms with van der Waals surface area (Å²) in [4.78, 5) is 28.4. The van der Waals surface area contributed by atoms with Crippen molar-refractivity contribution in [1.29, 1.82) is 0 Å². The molecule has 0 bridgehead atoms. The van der Waals surface area contributed by atoms with Gasteiger partial charge in [-0.2, -0.15) is 0 Å². The van der Waals surface area contributed by atoms with Gasteiger partial charge in [0.1, 0.15) is 22.3 Å². The first-order valence-electron chi connectivity index (χ1n) is 12.4. The molecule has 1 aliphatic rings. The van der Waals surface area contributed by atoms with Crippen molar-refractivity contribution in [3.8, 4) is 23.0 Å². The van der Waals surface area contributed by atoms with Gasteiger partial charge in [0.25, 0.3) is 11.7 Å². The summed E-state index contributed by atoms with van der Waals surface area (Å²) >= 11 is 12.8. The lowest BCUT2D eigenvalue weighted by Gasteiger charge is -2.26. The Balaban J connectivity index is 1.89. The molecule has 3 aromatic rings. The molecule has 40 heavy (non-hydrogen) atoms. The Bertz CT molecular complexity index is 1450. The van der Waals surface area contributed by atoms with E-state index in [1.54, 1.807) is 55.6 Å².